The highest BCUT2D eigenvalue weighted by molar-refractivity contribution is 5.85. The zero-order valence-corrected chi connectivity index (χ0v) is 10.2. The highest BCUT2D eigenvalue weighted by atomic mass is 35.5. The van der Waals surface area contributed by atoms with Crippen molar-refractivity contribution in [1.29, 1.82) is 0 Å². The minimum Gasteiger partial charge on any atom is -0.352 e. The number of carbonyl (C=O) groups is 1. The van der Waals surface area contributed by atoms with Crippen LogP contribution in [0.25, 0.3) is 0 Å². The number of halogens is 3. The SMILES string of the molecule is CC(CN)C(=O)NCc1ccc(F)cc1F.Cl. The van der Waals surface area contributed by atoms with Gasteiger partial charge in [0.25, 0.3) is 0 Å². The molecule has 0 aliphatic carbocycles. The maximum atomic E-state index is 13.2. The summed E-state index contributed by atoms with van der Waals surface area (Å²) < 4.78 is 25.8. The van der Waals surface area contributed by atoms with Crippen LogP contribution in [0, 0.1) is 17.6 Å². The molecular weight excluding hydrogens is 250 g/mol. The number of benzene rings is 1. The van der Waals surface area contributed by atoms with E-state index in [9.17, 15) is 13.6 Å². The molecule has 0 saturated carbocycles. The van der Waals surface area contributed by atoms with Crippen molar-refractivity contribution in [3.05, 3.63) is 35.4 Å². The summed E-state index contributed by atoms with van der Waals surface area (Å²) in [7, 11) is 0. The van der Waals surface area contributed by atoms with Crippen LogP contribution in [0.15, 0.2) is 18.2 Å². The third-order valence-electron chi connectivity index (χ3n) is 2.27. The normalized spacial score (nSPS) is 11.5. The first-order valence-electron chi connectivity index (χ1n) is 4.96. The average molecular weight is 265 g/mol. The summed E-state index contributed by atoms with van der Waals surface area (Å²) in [5, 5.41) is 2.53. The Bertz CT molecular complexity index is 388. The van der Waals surface area contributed by atoms with E-state index in [2.05, 4.69) is 5.32 Å². The Morgan fingerprint density at radius 1 is 1.47 bits per heavy atom. The summed E-state index contributed by atoms with van der Waals surface area (Å²) in [5.41, 5.74) is 5.56. The van der Waals surface area contributed by atoms with Gasteiger partial charge in [-0.1, -0.05) is 13.0 Å². The Balaban J connectivity index is 0.00000256. The van der Waals surface area contributed by atoms with Gasteiger partial charge in [0, 0.05) is 30.6 Å². The lowest BCUT2D eigenvalue weighted by Crippen LogP contribution is -2.33. The number of hydrogen-bond donors (Lipinski definition) is 2. The van der Waals surface area contributed by atoms with Crippen LogP contribution in [-0.4, -0.2) is 12.5 Å². The predicted molar refractivity (Wildman–Crippen MR) is 63.7 cm³/mol. The first-order chi connectivity index (χ1) is 7.54. The van der Waals surface area contributed by atoms with Gasteiger partial charge in [-0.15, -0.1) is 12.4 Å². The van der Waals surface area contributed by atoms with Crippen molar-refractivity contribution < 1.29 is 13.6 Å². The Kier molecular flexibility index (Phi) is 6.68. The predicted octanol–water partition coefficient (Wildman–Crippen LogP) is 1.60. The molecule has 6 heteroatoms. The van der Waals surface area contributed by atoms with Crippen molar-refractivity contribution in [3.63, 3.8) is 0 Å². The quantitative estimate of drug-likeness (QED) is 0.868. The molecule has 1 aromatic carbocycles. The fourth-order valence-corrected chi connectivity index (χ4v) is 1.13. The topological polar surface area (TPSA) is 55.1 Å². The molecule has 0 saturated heterocycles. The molecule has 0 aromatic heterocycles. The minimum atomic E-state index is -0.666. The van der Waals surface area contributed by atoms with E-state index in [-0.39, 0.29) is 42.9 Å². The molecule has 0 radical (unpaired) electrons. The van der Waals surface area contributed by atoms with E-state index in [1.54, 1.807) is 6.92 Å². The minimum absolute atomic E-state index is 0. The highest BCUT2D eigenvalue weighted by Crippen LogP contribution is 2.09. The average Bonchev–Trinajstić information content (AvgIpc) is 2.26. The molecule has 96 valence electrons. The van der Waals surface area contributed by atoms with Gasteiger partial charge in [-0.25, -0.2) is 8.78 Å². The molecule has 0 aliphatic rings. The molecule has 1 amide bonds. The molecule has 0 spiro atoms. The van der Waals surface area contributed by atoms with Gasteiger partial charge in [-0.2, -0.15) is 0 Å². The fraction of sp³-hybridized carbons (Fsp3) is 0.364. The van der Waals surface area contributed by atoms with E-state index in [1.165, 1.54) is 6.07 Å². The van der Waals surface area contributed by atoms with Gasteiger partial charge >= 0.3 is 0 Å². The molecule has 0 bridgehead atoms. The van der Waals surface area contributed by atoms with Crippen LogP contribution in [0.2, 0.25) is 0 Å². The Morgan fingerprint density at radius 3 is 2.65 bits per heavy atom. The molecule has 3 N–H and O–H groups in total. The third kappa shape index (κ3) is 4.66. The van der Waals surface area contributed by atoms with Crippen molar-refractivity contribution in [2.45, 2.75) is 13.5 Å². The van der Waals surface area contributed by atoms with Crippen LogP contribution in [-0.2, 0) is 11.3 Å². The second-order valence-corrected chi connectivity index (χ2v) is 3.59. The molecule has 1 aromatic rings. The monoisotopic (exact) mass is 264 g/mol. The summed E-state index contributed by atoms with van der Waals surface area (Å²) >= 11 is 0. The lowest BCUT2D eigenvalue weighted by atomic mass is 10.1. The molecule has 1 rings (SSSR count). The van der Waals surface area contributed by atoms with Gasteiger partial charge in [0.15, 0.2) is 0 Å². The lowest BCUT2D eigenvalue weighted by molar-refractivity contribution is -0.124. The van der Waals surface area contributed by atoms with Crippen LogP contribution in [0.4, 0.5) is 8.78 Å². The fourth-order valence-electron chi connectivity index (χ4n) is 1.13. The molecule has 0 fully saturated rings. The summed E-state index contributed by atoms with van der Waals surface area (Å²) in [6, 6.07) is 3.24. The van der Waals surface area contributed by atoms with Crippen LogP contribution in [0.3, 0.4) is 0 Å². The number of nitrogens with one attached hydrogen (secondary N) is 1. The number of rotatable bonds is 4. The van der Waals surface area contributed by atoms with Crippen molar-refractivity contribution in [2.24, 2.45) is 11.7 Å². The summed E-state index contributed by atoms with van der Waals surface area (Å²) in [6.45, 7) is 1.95. The van der Waals surface area contributed by atoms with E-state index in [0.29, 0.717) is 0 Å². The molecule has 0 aliphatic heterocycles. The first kappa shape index (κ1) is 15.8. The lowest BCUT2D eigenvalue weighted by Gasteiger charge is -2.10. The largest absolute Gasteiger partial charge is 0.352 e. The Hall–Kier alpha value is -1.20. The number of amides is 1. The van der Waals surface area contributed by atoms with Crippen LogP contribution in [0.5, 0.6) is 0 Å². The van der Waals surface area contributed by atoms with Crippen molar-refractivity contribution in [2.75, 3.05) is 6.54 Å². The van der Waals surface area contributed by atoms with E-state index < -0.39 is 11.6 Å². The molecule has 1 atom stereocenters. The maximum Gasteiger partial charge on any atom is 0.224 e. The van der Waals surface area contributed by atoms with Gasteiger partial charge in [0.1, 0.15) is 11.6 Å². The molecule has 3 nitrogen and oxygen atoms in total. The zero-order chi connectivity index (χ0) is 12.1. The summed E-state index contributed by atoms with van der Waals surface area (Å²) in [6.07, 6.45) is 0. The zero-order valence-electron chi connectivity index (χ0n) is 9.37. The van der Waals surface area contributed by atoms with Crippen LogP contribution >= 0.6 is 12.4 Å². The first-order valence-corrected chi connectivity index (χ1v) is 4.96. The van der Waals surface area contributed by atoms with Gasteiger partial charge < -0.3 is 11.1 Å². The van der Waals surface area contributed by atoms with Gasteiger partial charge in [-0.3, -0.25) is 4.79 Å². The summed E-state index contributed by atoms with van der Waals surface area (Å²) in [4.78, 5) is 11.3. The Labute approximate surface area is 105 Å². The van der Waals surface area contributed by atoms with Crippen LogP contribution < -0.4 is 11.1 Å². The van der Waals surface area contributed by atoms with Crippen LogP contribution in [0.1, 0.15) is 12.5 Å². The van der Waals surface area contributed by atoms with Gasteiger partial charge in [0.05, 0.1) is 0 Å². The number of hydrogen-bond acceptors (Lipinski definition) is 2. The molecule has 17 heavy (non-hydrogen) atoms. The molecule has 1 unspecified atom stereocenters. The Morgan fingerprint density at radius 2 is 2.12 bits per heavy atom. The molecular formula is C11H15ClF2N2O. The highest BCUT2D eigenvalue weighted by Gasteiger charge is 2.11. The summed E-state index contributed by atoms with van der Waals surface area (Å²) in [5.74, 6) is -1.86. The molecule has 0 heterocycles. The second kappa shape index (κ2) is 7.19. The smallest absolute Gasteiger partial charge is 0.224 e. The second-order valence-electron chi connectivity index (χ2n) is 3.59. The van der Waals surface area contributed by atoms with Gasteiger partial charge in [0.2, 0.25) is 5.91 Å². The van der Waals surface area contributed by atoms with E-state index in [0.717, 1.165) is 12.1 Å². The van der Waals surface area contributed by atoms with Gasteiger partial charge in [-0.05, 0) is 6.07 Å². The van der Waals surface area contributed by atoms with E-state index in [1.807, 2.05) is 0 Å². The van der Waals surface area contributed by atoms with Crippen molar-refractivity contribution >= 4 is 18.3 Å². The number of nitrogens with two attached hydrogens (primary N) is 1. The van der Waals surface area contributed by atoms with E-state index >= 15 is 0 Å². The van der Waals surface area contributed by atoms with Crippen molar-refractivity contribution in [3.8, 4) is 0 Å². The van der Waals surface area contributed by atoms with Crippen molar-refractivity contribution in [1.82, 2.24) is 5.32 Å². The maximum absolute atomic E-state index is 13.2. The number of carbonyl (C=O) groups excluding carboxylic acids is 1. The third-order valence-corrected chi connectivity index (χ3v) is 2.27. The standard InChI is InChI=1S/C11H14F2N2O.ClH/c1-7(5-14)11(16)15-6-8-2-3-9(12)4-10(8)13;/h2-4,7H,5-6,14H2,1H3,(H,15,16);1H. The van der Waals surface area contributed by atoms with E-state index in [4.69, 9.17) is 5.73 Å².